The summed E-state index contributed by atoms with van der Waals surface area (Å²) in [5.41, 5.74) is -1.37. The van der Waals surface area contributed by atoms with Crippen LogP contribution in [-0.4, -0.2) is 127 Å². The maximum absolute atomic E-state index is 12.2. The third kappa shape index (κ3) is 4.28. The maximum Gasteiger partial charge on any atom is 0.248 e. The number of aromatic nitrogens is 3. The molecule has 0 saturated heterocycles. The van der Waals surface area contributed by atoms with Crippen molar-refractivity contribution in [3.8, 4) is 86.1 Å². The Morgan fingerprint density at radius 2 is 0.691 bits per heavy atom. The summed E-state index contributed by atoms with van der Waals surface area (Å²) >= 11 is 0. The molecule has 0 fully saturated rings. The van der Waals surface area contributed by atoms with Gasteiger partial charge in [0.1, 0.15) is 91.9 Å². The molecule has 0 bridgehead atoms. The lowest BCUT2D eigenvalue weighted by molar-refractivity contribution is 0.0880. The Morgan fingerprint density at radius 3 is 1.25 bits per heavy atom. The molecule has 0 unspecified atom stereocenters. The van der Waals surface area contributed by atoms with Crippen molar-refractivity contribution >= 4 is 173 Å². The molecule has 12 aromatic rings. The zero-order chi connectivity index (χ0) is 48.3. The highest BCUT2D eigenvalue weighted by atomic mass is 17.0. The number of hydrogen-bond acceptors (Lipinski definition) is 17. The molecule has 7 aromatic carbocycles. The monoisotopic (exact) mass is 913 g/mol. The summed E-state index contributed by atoms with van der Waals surface area (Å²) in [7, 11) is 8.72. The molecular weight excluding hydrogens is 883 g/mol. The van der Waals surface area contributed by atoms with Crippen LogP contribution in [0.2, 0.25) is 0 Å². The molecule has 0 saturated carbocycles. The number of phenols is 13. The summed E-state index contributed by atoms with van der Waals surface area (Å²) in [4.78, 5) is 0. The Morgan fingerprint density at radius 1 is 0.279 bits per heavy atom. The zero-order valence-electron chi connectivity index (χ0n) is 36.1. The fourth-order valence-corrected chi connectivity index (χ4v) is 10.4. The van der Waals surface area contributed by atoms with Gasteiger partial charge in [0.05, 0.1) is 49.3 Å². The minimum absolute atomic E-state index is 0.0185. The Balaban J connectivity index is 1.39. The molecule has 68 heavy (non-hydrogen) atoms. The molecule has 332 valence electrons. The average molecular weight is 913 g/mol. The minimum atomic E-state index is -0.969. The van der Waals surface area contributed by atoms with E-state index in [-0.39, 0.29) is 138 Å². The lowest BCUT2D eigenvalue weighted by atomic mass is 9.82. The van der Waals surface area contributed by atoms with Gasteiger partial charge in [-0.2, -0.15) is 0 Å². The van der Waals surface area contributed by atoms with Crippen LogP contribution in [0.5, 0.6) is 74.7 Å². The first-order valence-corrected chi connectivity index (χ1v) is 20.6. The van der Waals surface area contributed by atoms with E-state index in [0.717, 1.165) is 0 Å². The van der Waals surface area contributed by atoms with Crippen molar-refractivity contribution in [3.05, 3.63) is 24.3 Å². The van der Waals surface area contributed by atoms with E-state index in [4.69, 9.17) is 18.3 Å². The molecule has 0 aliphatic heterocycles. The van der Waals surface area contributed by atoms with Gasteiger partial charge in [-0.15, -0.1) is 0 Å². The highest BCUT2D eigenvalue weighted by Gasteiger charge is 2.36. The first kappa shape index (κ1) is 40.4. The Hall–Kier alpha value is -9.07. The van der Waals surface area contributed by atoms with Crippen LogP contribution in [0, 0.1) is 0 Å². The number of nitrogens with zero attached hydrogens (tertiary/aromatic N) is 3. The summed E-state index contributed by atoms with van der Waals surface area (Å²) < 4.78 is 28.5. The molecule has 20 nitrogen and oxygen atoms in total. The van der Waals surface area contributed by atoms with Crippen LogP contribution in [-0.2, 0) is 0 Å². The summed E-state index contributed by atoms with van der Waals surface area (Å²) in [5, 5.41) is 149. The van der Waals surface area contributed by atoms with Crippen LogP contribution in [0.1, 0.15) is 0 Å². The van der Waals surface area contributed by atoms with Crippen molar-refractivity contribution in [1.82, 2.24) is 13.5 Å². The molecule has 0 aliphatic rings. The molecule has 5 aromatic heterocycles. The van der Waals surface area contributed by atoms with Crippen molar-refractivity contribution in [2.45, 2.75) is 0 Å². The minimum Gasteiger partial charge on any atom is -0.509 e. The van der Waals surface area contributed by atoms with Gasteiger partial charge in [-0.25, -0.2) is 0 Å². The molecule has 26 heteroatoms. The van der Waals surface area contributed by atoms with E-state index in [2.05, 4.69) is 0 Å². The molecule has 0 atom stereocenters. The van der Waals surface area contributed by atoms with Crippen molar-refractivity contribution in [2.75, 3.05) is 0 Å². The predicted molar refractivity (Wildman–Crippen MR) is 265 cm³/mol. The van der Waals surface area contributed by atoms with Gasteiger partial charge in [0.15, 0.2) is 51.6 Å². The standard InChI is InChI=1S/C42H29B6N3O17/c43-13-7-8-24-42(38(64)37(63)28(8)54)68-66-40-15(45)20-12(39-25(40)51(24)23(7)41(67-65-39)18(48)30(13)56)11-22(35(61)33(59)17(47)27(11)53)50(20)6-4-2-1-3-5(6)49-19-9(29(55)36(62)31(57)14(19)44)10-21(49)34(60)32(58)16(46)26(10)52/h1-4,52-64H,43-48H2. The van der Waals surface area contributed by atoms with Gasteiger partial charge in [0, 0.05) is 5.39 Å². The van der Waals surface area contributed by atoms with Crippen LogP contribution in [0.4, 0.5) is 0 Å². The second-order valence-corrected chi connectivity index (χ2v) is 17.1. The molecule has 0 radical (unpaired) electrons. The summed E-state index contributed by atoms with van der Waals surface area (Å²) in [6.45, 7) is 0. The zero-order valence-corrected chi connectivity index (χ0v) is 36.1. The Labute approximate surface area is 380 Å². The molecule has 13 N–H and O–H groups in total. The summed E-state index contributed by atoms with van der Waals surface area (Å²) in [6, 6.07) is 6.19. The van der Waals surface area contributed by atoms with Crippen LogP contribution in [0.25, 0.3) is 105 Å². The largest absolute Gasteiger partial charge is 0.509 e. The van der Waals surface area contributed by atoms with Gasteiger partial charge in [0.25, 0.3) is 0 Å². The number of fused-ring (bicyclic) bond motifs is 8. The SMILES string of the molecule is Bc1c(O)c(O)c2c(c1O)c1c(O)c(O)c(O)c(B)c1n2-c1ccccc1-n1c2c(O)c(O)c(B)c(O)c2c2c3ooc4c(B)c(O)c(B)c5c6c(O)c(O)c(O)c7ooc(c(B)c21)c3n(c45)c76. The van der Waals surface area contributed by atoms with E-state index < -0.39 is 74.6 Å². The van der Waals surface area contributed by atoms with E-state index >= 15 is 0 Å². The van der Waals surface area contributed by atoms with Crippen molar-refractivity contribution < 1.29 is 84.7 Å². The van der Waals surface area contributed by atoms with Crippen LogP contribution >= 0.6 is 0 Å². The fraction of sp³-hybridized carbons (Fsp3) is 0. The van der Waals surface area contributed by atoms with Gasteiger partial charge in [-0.3, -0.25) is 22.7 Å². The van der Waals surface area contributed by atoms with Gasteiger partial charge >= 0.3 is 0 Å². The smallest absolute Gasteiger partial charge is 0.248 e. The van der Waals surface area contributed by atoms with E-state index in [1.165, 1.54) is 57.1 Å². The number of hydrogen-bond donors (Lipinski definition) is 13. The quantitative estimate of drug-likeness (QED) is 0.0366. The number of phenolic OH excluding ortho intramolecular Hbond substituents is 13. The first-order valence-electron chi connectivity index (χ1n) is 20.6. The number of aromatic hydroxyl groups is 13. The first-order chi connectivity index (χ1) is 32.3. The van der Waals surface area contributed by atoms with Gasteiger partial charge < -0.3 is 75.5 Å². The van der Waals surface area contributed by atoms with Crippen LogP contribution < -0.4 is 32.8 Å². The Kier molecular flexibility index (Phi) is 7.51. The molecule has 5 heterocycles. The van der Waals surface area contributed by atoms with E-state index in [9.17, 15) is 66.4 Å². The van der Waals surface area contributed by atoms with E-state index in [1.807, 2.05) is 0 Å². The topological polar surface area (TPSA) is 330 Å². The maximum atomic E-state index is 12.2. The lowest BCUT2D eigenvalue weighted by Crippen LogP contribution is -2.17. The highest BCUT2D eigenvalue weighted by Crippen LogP contribution is 2.55. The molecule has 0 aliphatic carbocycles. The number of benzene rings is 7. The third-order valence-electron chi connectivity index (χ3n) is 13.8. The average Bonchev–Trinajstić information content (AvgIpc) is 3.91. The molecule has 0 spiro atoms. The fourth-order valence-electron chi connectivity index (χ4n) is 10.4. The molecule has 0 amide bonds. The second kappa shape index (κ2) is 12.6. The van der Waals surface area contributed by atoms with Crippen molar-refractivity contribution in [1.29, 1.82) is 0 Å². The van der Waals surface area contributed by atoms with Crippen molar-refractivity contribution in [3.63, 3.8) is 0 Å². The lowest BCUT2D eigenvalue weighted by Gasteiger charge is -2.19. The normalized spacial score (nSPS) is 12.4. The van der Waals surface area contributed by atoms with Crippen molar-refractivity contribution in [2.24, 2.45) is 0 Å². The Bertz CT molecular complexity index is 4350. The summed E-state index contributed by atoms with van der Waals surface area (Å²) in [6.07, 6.45) is 0. The van der Waals surface area contributed by atoms with E-state index in [1.54, 1.807) is 27.8 Å². The third-order valence-corrected chi connectivity index (χ3v) is 13.8. The van der Waals surface area contributed by atoms with Gasteiger partial charge in [-0.1, -0.05) is 12.1 Å². The van der Waals surface area contributed by atoms with Gasteiger partial charge in [0.2, 0.25) is 28.2 Å². The number of para-hydroxylation sites is 2. The predicted octanol–water partition coefficient (Wildman–Crippen LogP) is -2.60. The summed E-state index contributed by atoms with van der Waals surface area (Å²) in [5.74, 6) is -9.70. The highest BCUT2D eigenvalue weighted by molar-refractivity contribution is 6.53. The molecular formula is C42H29B6N3O17. The number of rotatable bonds is 2. The second-order valence-electron chi connectivity index (χ2n) is 17.1. The van der Waals surface area contributed by atoms with E-state index in [0.29, 0.717) is 0 Å². The van der Waals surface area contributed by atoms with Crippen LogP contribution in [0.15, 0.2) is 42.6 Å². The van der Waals surface area contributed by atoms with Crippen LogP contribution in [0.3, 0.4) is 0 Å². The molecule has 12 rings (SSSR count). The van der Waals surface area contributed by atoms with Gasteiger partial charge in [-0.05, 0) is 44.9 Å².